The predicted octanol–water partition coefficient (Wildman–Crippen LogP) is 1.65. The molecule has 3 fully saturated rings. The van der Waals surface area contributed by atoms with Crippen LogP contribution in [-0.4, -0.2) is 47.1 Å². The van der Waals surface area contributed by atoms with Crippen molar-refractivity contribution >= 4 is 5.91 Å². The maximum absolute atomic E-state index is 12.7. The van der Waals surface area contributed by atoms with Crippen molar-refractivity contribution in [2.45, 2.75) is 50.4 Å². The van der Waals surface area contributed by atoms with Crippen molar-refractivity contribution < 1.29 is 9.32 Å². The molecule has 22 heavy (non-hydrogen) atoms. The van der Waals surface area contributed by atoms with E-state index >= 15 is 0 Å². The van der Waals surface area contributed by atoms with E-state index in [2.05, 4.69) is 15.5 Å². The van der Waals surface area contributed by atoms with Crippen molar-refractivity contribution in [3.05, 3.63) is 11.7 Å². The molecule has 1 N–H and O–H groups in total. The normalized spacial score (nSPS) is 29.5. The first kappa shape index (κ1) is 14.2. The number of likely N-dealkylation sites (tertiary alicyclic amines) is 1. The molecule has 1 saturated carbocycles. The summed E-state index contributed by atoms with van der Waals surface area (Å²) in [5.74, 6) is 2.81. The summed E-state index contributed by atoms with van der Waals surface area (Å²) in [4.78, 5) is 19.3. The summed E-state index contributed by atoms with van der Waals surface area (Å²) in [5, 5.41) is 7.50. The van der Waals surface area contributed by atoms with E-state index in [-0.39, 0.29) is 11.8 Å². The molecule has 2 atom stereocenters. The number of piperidine rings is 2. The third-order valence-corrected chi connectivity index (χ3v) is 5.13. The van der Waals surface area contributed by atoms with Crippen molar-refractivity contribution in [2.24, 2.45) is 5.92 Å². The van der Waals surface area contributed by atoms with E-state index in [1.807, 2.05) is 4.90 Å². The Labute approximate surface area is 130 Å². The highest BCUT2D eigenvalue weighted by molar-refractivity contribution is 5.79. The molecule has 3 heterocycles. The van der Waals surface area contributed by atoms with Gasteiger partial charge < -0.3 is 14.7 Å². The average molecular weight is 304 g/mol. The molecule has 1 amide bonds. The van der Waals surface area contributed by atoms with Crippen LogP contribution in [0.1, 0.15) is 62.1 Å². The summed E-state index contributed by atoms with van der Waals surface area (Å²) in [5.41, 5.74) is 0. The maximum atomic E-state index is 12.7. The van der Waals surface area contributed by atoms with E-state index in [4.69, 9.17) is 4.52 Å². The lowest BCUT2D eigenvalue weighted by Crippen LogP contribution is -2.46. The molecule has 1 aliphatic carbocycles. The lowest BCUT2D eigenvalue weighted by Gasteiger charge is -2.35. The van der Waals surface area contributed by atoms with Crippen molar-refractivity contribution in [2.75, 3.05) is 26.2 Å². The van der Waals surface area contributed by atoms with Gasteiger partial charge in [0.05, 0.1) is 5.92 Å². The number of hydrogen-bond acceptors (Lipinski definition) is 5. The summed E-state index contributed by atoms with van der Waals surface area (Å²) >= 11 is 0. The third-order valence-electron chi connectivity index (χ3n) is 5.13. The molecule has 2 aliphatic heterocycles. The fourth-order valence-electron chi connectivity index (χ4n) is 3.62. The highest BCUT2D eigenvalue weighted by Gasteiger charge is 2.34. The zero-order valence-corrected chi connectivity index (χ0v) is 13.0. The standard InChI is InChI=1S/C16H24N4O2/c21-16(12-3-1-7-17-9-12)20-8-2-4-13(10-20)14-18-15(22-19-14)11-5-6-11/h11-13,17H,1-10H2. The SMILES string of the molecule is O=C(C1CCCNC1)N1CCCC(c2noc(C3CC3)n2)C1. The number of carbonyl (C=O) groups is 1. The molecule has 2 unspecified atom stereocenters. The second-order valence-electron chi connectivity index (χ2n) is 6.93. The highest BCUT2D eigenvalue weighted by atomic mass is 16.5. The maximum Gasteiger partial charge on any atom is 0.229 e. The van der Waals surface area contributed by atoms with Crippen molar-refractivity contribution in [1.82, 2.24) is 20.4 Å². The molecule has 0 radical (unpaired) electrons. The second kappa shape index (κ2) is 5.99. The van der Waals surface area contributed by atoms with Gasteiger partial charge in [0.15, 0.2) is 5.82 Å². The van der Waals surface area contributed by atoms with Crippen LogP contribution in [-0.2, 0) is 4.79 Å². The van der Waals surface area contributed by atoms with Crippen molar-refractivity contribution in [3.8, 4) is 0 Å². The van der Waals surface area contributed by atoms with E-state index in [1.54, 1.807) is 0 Å². The minimum absolute atomic E-state index is 0.153. The molecule has 6 nitrogen and oxygen atoms in total. The van der Waals surface area contributed by atoms with Gasteiger partial charge in [0.2, 0.25) is 11.8 Å². The minimum Gasteiger partial charge on any atom is -0.342 e. The first-order valence-corrected chi connectivity index (χ1v) is 8.64. The minimum atomic E-state index is 0.153. The van der Waals surface area contributed by atoms with Crippen LogP contribution in [0.25, 0.3) is 0 Å². The van der Waals surface area contributed by atoms with Crippen LogP contribution in [0.15, 0.2) is 4.52 Å². The van der Waals surface area contributed by atoms with E-state index < -0.39 is 0 Å². The first-order valence-electron chi connectivity index (χ1n) is 8.64. The second-order valence-corrected chi connectivity index (χ2v) is 6.93. The number of rotatable bonds is 3. The van der Waals surface area contributed by atoms with Crippen LogP contribution in [0.5, 0.6) is 0 Å². The fourth-order valence-corrected chi connectivity index (χ4v) is 3.62. The number of nitrogens with zero attached hydrogens (tertiary/aromatic N) is 3. The Morgan fingerprint density at radius 3 is 2.86 bits per heavy atom. The van der Waals surface area contributed by atoms with Crippen LogP contribution in [0, 0.1) is 5.92 Å². The summed E-state index contributed by atoms with van der Waals surface area (Å²) < 4.78 is 5.38. The number of carbonyl (C=O) groups excluding carboxylic acids is 1. The summed E-state index contributed by atoms with van der Waals surface area (Å²) in [6.07, 6.45) is 6.54. The summed E-state index contributed by atoms with van der Waals surface area (Å²) in [7, 11) is 0. The van der Waals surface area contributed by atoms with Gasteiger partial charge in [0.25, 0.3) is 0 Å². The molecule has 6 heteroatoms. The zero-order chi connectivity index (χ0) is 14.9. The van der Waals surface area contributed by atoms with Gasteiger partial charge in [-0.2, -0.15) is 4.98 Å². The van der Waals surface area contributed by atoms with Crippen LogP contribution < -0.4 is 5.32 Å². The molecule has 0 bridgehead atoms. The Morgan fingerprint density at radius 1 is 1.18 bits per heavy atom. The van der Waals surface area contributed by atoms with Gasteiger partial charge in [0.1, 0.15) is 0 Å². The lowest BCUT2D eigenvalue weighted by molar-refractivity contribution is -0.137. The van der Waals surface area contributed by atoms with Gasteiger partial charge >= 0.3 is 0 Å². The highest BCUT2D eigenvalue weighted by Crippen LogP contribution is 2.39. The van der Waals surface area contributed by atoms with Gasteiger partial charge in [0, 0.05) is 31.5 Å². The van der Waals surface area contributed by atoms with Gasteiger partial charge in [-0.25, -0.2) is 0 Å². The predicted molar refractivity (Wildman–Crippen MR) is 80.4 cm³/mol. The largest absolute Gasteiger partial charge is 0.342 e. The van der Waals surface area contributed by atoms with E-state index in [1.165, 1.54) is 12.8 Å². The third kappa shape index (κ3) is 2.89. The molecule has 2 saturated heterocycles. The summed E-state index contributed by atoms with van der Waals surface area (Å²) in [6, 6.07) is 0. The molecule has 1 aromatic rings. The Morgan fingerprint density at radius 2 is 2.09 bits per heavy atom. The fraction of sp³-hybridized carbons (Fsp3) is 0.812. The molecule has 1 aromatic heterocycles. The van der Waals surface area contributed by atoms with E-state index in [0.29, 0.717) is 11.8 Å². The average Bonchev–Trinajstić information content (AvgIpc) is 3.32. The van der Waals surface area contributed by atoms with Crippen molar-refractivity contribution in [1.29, 1.82) is 0 Å². The lowest BCUT2D eigenvalue weighted by atomic mass is 9.93. The van der Waals surface area contributed by atoms with Crippen LogP contribution >= 0.6 is 0 Å². The van der Waals surface area contributed by atoms with Crippen molar-refractivity contribution in [3.63, 3.8) is 0 Å². The summed E-state index contributed by atoms with van der Waals surface area (Å²) in [6.45, 7) is 3.49. The Bertz CT molecular complexity index is 534. The molecule has 3 aliphatic rings. The van der Waals surface area contributed by atoms with Gasteiger partial charge in [-0.15, -0.1) is 0 Å². The number of aromatic nitrogens is 2. The van der Waals surface area contributed by atoms with E-state index in [9.17, 15) is 4.79 Å². The quantitative estimate of drug-likeness (QED) is 0.919. The smallest absolute Gasteiger partial charge is 0.229 e. The van der Waals surface area contributed by atoms with Gasteiger partial charge in [-0.3, -0.25) is 4.79 Å². The molecule has 0 aromatic carbocycles. The molecule has 120 valence electrons. The molecule has 4 rings (SSSR count). The van der Waals surface area contributed by atoms with Crippen LogP contribution in [0.3, 0.4) is 0 Å². The monoisotopic (exact) mass is 304 g/mol. The molecular formula is C16H24N4O2. The van der Waals surface area contributed by atoms with Gasteiger partial charge in [-0.1, -0.05) is 5.16 Å². The van der Waals surface area contributed by atoms with Crippen LogP contribution in [0.4, 0.5) is 0 Å². The zero-order valence-electron chi connectivity index (χ0n) is 13.0. The van der Waals surface area contributed by atoms with Gasteiger partial charge in [-0.05, 0) is 45.1 Å². The number of amides is 1. The topological polar surface area (TPSA) is 71.3 Å². The molecule has 0 spiro atoms. The Balaban J connectivity index is 1.40. The number of hydrogen-bond donors (Lipinski definition) is 1. The van der Waals surface area contributed by atoms with Crippen LogP contribution in [0.2, 0.25) is 0 Å². The number of nitrogens with one attached hydrogen (secondary N) is 1. The first-order chi connectivity index (χ1) is 10.8. The van der Waals surface area contributed by atoms with E-state index in [0.717, 1.165) is 63.6 Å². The Kier molecular flexibility index (Phi) is 3.86. The Hall–Kier alpha value is -1.43. The molecular weight excluding hydrogens is 280 g/mol.